The normalized spacial score (nSPS) is 38.6. The Labute approximate surface area is 158 Å². The molecule has 2 aliphatic heterocycles. The summed E-state index contributed by atoms with van der Waals surface area (Å²) in [4.78, 5) is 0. The summed E-state index contributed by atoms with van der Waals surface area (Å²) in [5, 5.41) is 0. The lowest BCUT2D eigenvalue weighted by Crippen LogP contribution is -2.49. The Morgan fingerprint density at radius 3 is 2.12 bits per heavy atom. The summed E-state index contributed by atoms with van der Waals surface area (Å²) >= 11 is 0. The van der Waals surface area contributed by atoms with Crippen LogP contribution in [-0.4, -0.2) is 18.9 Å². The smallest absolute Gasteiger partial charge is 0.199 e. The first-order valence-corrected chi connectivity index (χ1v) is 11.0. The minimum Gasteiger partial charge on any atom is -0.491 e. The van der Waals surface area contributed by atoms with Crippen LogP contribution in [0.4, 0.5) is 0 Å². The van der Waals surface area contributed by atoms with Gasteiger partial charge in [0.05, 0.1) is 12.2 Å². The van der Waals surface area contributed by atoms with Crippen molar-refractivity contribution in [1.82, 2.24) is 0 Å². The lowest BCUT2D eigenvalue weighted by Gasteiger charge is -2.48. The van der Waals surface area contributed by atoms with Gasteiger partial charge in [-0.15, -0.1) is 0 Å². The van der Waals surface area contributed by atoms with Gasteiger partial charge in [-0.2, -0.15) is 0 Å². The van der Waals surface area contributed by atoms with E-state index in [-0.39, 0.29) is 0 Å². The van der Waals surface area contributed by atoms with Crippen LogP contribution in [0.1, 0.15) is 70.6 Å². The van der Waals surface area contributed by atoms with Crippen molar-refractivity contribution in [2.75, 3.05) is 0 Å². The summed E-state index contributed by atoms with van der Waals surface area (Å²) in [7, 11) is 0. The molecule has 0 amide bonds. The molecule has 0 aromatic carbocycles. The third-order valence-electron chi connectivity index (χ3n) is 7.32. The lowest BCUT2D eigenvalue weighted by atomic mass is 9.25. The monoisotopic (exact) mass is 350 g/mol. The molecule has 3 fully saturated rings. The van der Waals surface area contributed by atoms with Crippen LogP contribution in [-0.2, 0) is 9.47 Å². The second-order valence-corrected chi connectivity index (χ2v) is 8.85. The summed E-state index contributed by atoms with van der Waals surface area (Å²) in [6.07, 6.45) is 26.3. The van der Waals surface area contributed by atoms with E-state index in [1.165, 1.54) is 76.1 Å². The first kappa shape index (κ1) is 16.8. The second kappa shape index (κ2) is 7.33. The maximum absolute atomic E-state index is 6.65. The fraction of sp³-hybridized carbons (Fsp3) is 0.652. The highest BCUT2D eigenvalue weighted by molar-refractivity contribution is 6.71. The van der Waals surface area contributed by atoms with Crippen molar-refractivity contribution in [3.63, 3.8) is 0 Å². The summed E-state index contributed by atoms with van der Waals surface area (Å²) in [5.74, 6) is 3.58. The van der Waals surface area contributed by atoms with Gasteiger partial charge in [-0.3, -0.25) is 0 Å². The van der Waals surface area contributed by atoms with Crippen molar-refractivity contribution < 1.29 is 9.47 Å². The van der Waals surface area contributed by atoms with E-state index in [0.29, 0.717) is 30.6 Å². The summed E-state index contributed by atoms with van der Waals surface area (Å²) in [6.45, 7) is 0.640. The van der Waals surface area contributed by atoms with Crippen molar-refractivity contribution in [3.8, 4) is 0 Å². The number of hydrogen-bond acceptors (Lipinski definition) is 2. The predicted molar refractivity (Wildman–Crippen MR) is 107 cm³/mol. The van der Waals surface area contributed by atoms with Crippen LogP contribution in [0, 0.1) is 0 Å². The first-order chi connectivity index (χ1) is 12.9. The summed E-state index contributed by atoms with van der Waals surface area (Å²) in [6, 6.07) is 0. The van der Waals surface area contributed by atoms with E-state index in [9.17, 15) is 0 Å². The molecule has 4 unspecified atom stereocenters. The van der Waals surface area contributed by atoms with Gasteiger partial charge in [0.1, 0.15) is 11.5 Å². The topological polar surface area (TPSA) is 18.5 Å². The number of ether oxygens (including phenoxy) is 2. The molecule has 138 valence electrons. The van der Waals surface area contributed by atoms with Crippen LogP contribution < -0.4 is 0 Å². The van der Waals surface area contributed by atoms with E-state index < -0.39 is 0 Å². The van der Waals surface area contributed by atoms with Gasteiger partial charge in [0, 0.05) is 5.47 Å². The molecular weight excluding hydrogens is 319 g/mol. The zero-order valence-corrected chi connectivity index (χ0v) is 15.9. The van der Waals surface area contributed by atoms with Gasteiger partial charge in [0.2, 0.25) is 0 Å². The van der Waals surface area contributed by atoms with E-state index in [4.69, 9.17) is 9.47 Å². The molecule has 5 aliphatic rings. The molecule has 2 saturated carbocycles. The lowest BCUT2D eigenvalue weighted by molar-refractivity contribution is 0.0651. The van der Waals surface area contributed by atoms with Crippen molar-refractivity contribution in [1.29, 1.82) is 0 Å². The molecule has 0 bridgehead atoms. The SMILES string of the molecule is C1=C/C=C2/OC3CCCCCCC3B3C2=C(C=C1)OC1CCCCCC31. The van der Waals surface area contributed by atoms with Crippen molar-refractivity contribution >= 4 is 6.71 Å². The summed E-state index contributed by atoms with van der Waals surface area (Å²) in [5.41, 5.74) is 1.40. The molecule has 0 aromatic rings. The van der Waals surface area contributed by atoms with E-state index in [1.807, 2.05) is 0 Å². The van der Waals surface area contributed by atoms with Gasteiger partial charge in [0.15, 0.2) is 6.71 Å². The number of hydrogen-bond donors (Lipinski definition) is 0. The fourth-order valence-electron chi connectivity index (χ4n) is 6.15. The van der Waals surface area contributed by atoms with Gasteiger partial charge < -0.3 is 9.47 Å². The molecule has 2 heterocycles. The van der Waals surface area contributed by atoms with Gasteiger partial charge in [-0.1, -0.05) is 63.2 Å². The van der Waals surface area contributed by atoms with Gasteiger partial charge in [-0.05, 0) is 49.5 Å². The molecule has 3 heteroatoms. The second-order valence-electron chi connectivity index (χ2n) is 8.85. The maximum atomic E-state index is 6.65. The quantitative estimate of drug-likeness (QED) is 0.489. The van der Waals surface area contributed by atoms with Gasteiger partial charge >= 0.3 is 0 Å². The van der Waals surface area contributed by atoms with Crippen LogP contribution in [0.2, 0.25) is 11.6 Å². The fourth-order valence-corrected chi connectivity index (χ4v) is 6.15. The van der Waals surface area contributed by atoms with E-state index in [2.05, 4.69) is 30.4 Å². The van der Waals surface area contributed by atoms with Gasteiger partial charge in [0.25, 0.3) is 0 Å². The average molecular weight is 350 g/mol. The van der Waals surface area contributed by atoms with Crippen LogP contribution in [0.3, 0.4) is 0 Å². The van der Waals surface area contributed by atoms with Crippen LogP contribution in [0.25, 0.3) is 0 Å². The largest absolute Gasteiger partial charge is 0.491 e. The van der Waals surface area contributed by atoms with Crippen LogP contribution in [0.15, 0.2) is 47.4 Å². The number of rotatable bonds is 0. The maximum Gasteiger partial charge on any atom is 0.199 e. The minimum absolute atomic E-state index is 0.412. The van der Waals surface area contributed by atoms with Crippen molar-refractivity contribution in [2.24, 2.45) is 0 Å². The molecule has 26 heavy (non-hydrogen) atoms. The summed E-state index contributed by atoms with van der Waals surface area (Å²) < 4.78 is 13.3. The standard InChI is InChI=1S/C23H31BO2/c1-2-7-13-19-17(11-5-1)24-18-12-6-3-8-14-20(18)26-22-16-10-4-9-15-21(25-19)23(22)24/h4,9-10,15-20H,1-3,5-8,11-14H2/b9-4?,10-4?,15-9?,16-10?,21-15+,22-16?. The van der Waals surface area contributed by atoms with Gasteiger partial charge in [-0.25, -0.2) is 0 Å². The van der Waals surface area contributed by atoms with E-state index in [0.717, 1.165) is 11.5 Å². The molecule has 0 aromatic heterocycles. The Morgan fingerprint density at radius 2 is 1.35 bits per heavy atom. The number of allylic oxidation sites excluding steroid dienone is 6. The van der Waals surface area contributed by atoms with E-state index >= 15 is 0 Å². The molecule has 0 N–H and O–H groups in total. The molecule has 2 nitrogen and oxygen atoms in total. The molecule has 0 radical (unpaired) electrons. The molecule has 1 saturated heterocycles. The highest BCUT2D eigenvalue weighted by Gasteiger charge is 2.52. The number of fused-ring (bicyclic) bond motifs is 4. The Balaban J connectivity index is 1.60. The Hall–Kier alpha value is -1.38. The van der Waals surface area contributed by atoms with Crippen LogP contribution in [0.5, 0.6) is 0 Å². The first-order valence-electron chi connectivity index (χ1n) is 11.0. The van der Waals surface area contributed by atoms with E-state index in [1.54, 1.807) is 0 Å². The molecule has 0 spiro atoms. The highest BCUT2D eigenvalue weighted by atomic mass is 16.5. The zero-order chi connectivity index (χ0) is 17.3. The minimum atomic E-state index is 0.412. The molecule has 4 atom stereocenters. The highest BCUT2D eigenvalue weighted by Crippen LogP contribution is 2.53. The van der Waals surface area contributed by atoms with Crippen molar-refractivity contribution in [2.45, 2.75) is 94.5 Å². The Bertz CT molecular complexity index is 659. The predicted octanol–water partition coefficient (Wildman–Crippen LogP) is 6.14. The zero-order valence-electron chi connectivity index (χ0n) is 15.9. The Kier molecular flexibility index (Phi) is 4.73. The van der Waals surface area contributed by atoms with Crippen LogP contribution >= 0.6 is 0 Å². The Morgan fingerprint density at radius 1 is 0.692 bits per heavy atom. The molecular formula is C23H31BO2. The average Bonchev–Trinajstić information content (AvgIpc) is 2.85. The molecule has 3 aliphatic carbocycles. The third-order valence-corrected chi connectivity index (χ3v) is 7.32. The molecule has 5 rings (SSSR count). The third kappa shape index (κ3) is 2.98. The van der Waals surface area contributed by atoms with Crippen molar-refractivity contribution in [3.05, 3.63) is 47.4 Å².